The maximum Gasteiger partial charge on any atom is 0.0970 e. The van der Waals surface area contributed by atoms with Crippen LogP contribution in [0.4, 0.5) is 0 Å². The smallest absolute Gasteiger partial charge is 0.0970 e. The molecule has 0 spiro atoms. The normalized spacial score (nSPS) is 11.4. The number of benzene rings is 1. The van der Waals surface area contributed by atoms with Gasteiger partial charge in [0.15, 0.2) is 0 Å². The average Bonchev–Trinajstić information content (AvgIpc) is 2.36. The lowest BCUT2D eigenvalue weighted by atomic mass is 10.1. The molecule has 0 bridgehead atoms. The molecule has 1 heterocycles. The van der Waals surface area contributed by atoms with Crippen molar-refractivity contribution < 1.29 is 0 Å². The zero-order valence-corrected chi connectivity index (χ0v) is 13.0. The Balaban J connectivity index is 2.14. The van der Waals surface area contributed by atoms with Crippen LogP contribution in [0.15, 0.2) is 29.3 Å². The molecule has 0 fully saturated rings. The molecule has 0 saturated carbocycles. The second-order valence-electron chi connectivity index (χ2n) is 5.25. The van der Waals surface area contributed by atoms with Crippen LogP contribution in [0, 0.1) is 13.8 Å². The lowest BCUT2D eigenvalue weighted by molar-refractivity contribution is 0.410. The molecule has 0 N–H and O–H groups in total. The lowest BCUT2D eigenvalue weighted by Gasteiger charge is -2.10. The summed E-state index contributed by atoms with van der Waals surface area (Å²) < 4.78 is 0. The lowest BCUT2D eigenvalue weighted by Crippen LogP contribution is -2.13. The third kappa shape index (κ3) is 3.71. The quantitative estimate of drug-likeness (QED) is 0.608. The van der Waals surface area contributed by atoms with E-state index in [0.29, 0.717) is 0 Å². The summed E-state index contributed by atoms with van der Waals surface area (Å²) in [6, 6.07) is 8.61. The number of thioether (sulfide) groups is 1. The van der Waals surface area contributed by atoms with E-state index in [9.17, 15) is 0 Å². The molecule has 0 unspecified atom stereocenters. The minimum atomic E-state index is 1.13. The summed E-state index contributed by atoms with van der Waals surface area (Å²) >= 11 is 1.86. The average molecular weight is 274 g/mol. The number of rotatable bonds is 5. The molecular formula is C16H22N2S. The van der Waals surface area contributed by atoms with Crippen molar-refractivity contribution in [2.24, 2.45) is 0 Å². The maximum atomic E-state index is 4.80. The highest BCUT2D eigenvalue weighted by atomic mass is 32.2. The first kappa shape index (κ1) is 14.4. The van der Waals surface area contributed by atoms with Crippen LogP contribution in [-0.2, 0) is 0 Å². The van der Waals surface area contributed by atoms with Gasteiger partial charge in [0.05, 0.1) is 10.5 Å². The highest BCUT2D eigenvalue weighted by molar-refractivity contribution is 7.99. The predicted molar refractivity (Wildman–Crippen MR) is 85.1 cm³/mol. The van der Waals surface area contributed by atoms with Gasteiger partial charge >= 0.3 is 0 Å². The van der Waals surface area contributed by atoms with Crippen molar-refractivity contribution in [2.75, 3.05) is 26.4 Å². The van der Waals surface area contributed by atoms with Gasteiger partial charge in [-0.05, 0) is 58.1 Å². The van der Waals surface area contributed by atoms with Crippen LogP contribution in [0.3, 0.4) is 0 Å². The number of para-hydroxylation sites is 1. The van der Waals surface area contributed by atoms with Crippen LogP contribution in [-0.4, -0.2) is 36.3 Å². The third-order valence-electron chi connectivity index (χ3n) is 3.22. The highest BCUT2D eigenvalue weighted by Gasteiger charge is 2.05. The van der Waals surface area contributed by atoms with Crippen molar-refractivity contribution in [3.05, 3.63) is 35.4 Å². The molecule has 3 heteroatoms. The van der Waals surface area contributed by atoms with E-state index in [1.807, 2.05) is 11.8 Å². The molecule has 0 aliphatic heterocycles. The fourth-order valence-corrected chi connectivity index (χ4v) is 3.06. The Hall–Kier alpha value is -1.06. The molecule has 19 heavy (non-hydrogen) atoms. The molecule has 1 aromatic heterocycles. The molecule has 0 saturated heterocycles. The van der Waals surface area contributed by atoms with E-state index in [1.54, 1.807) is 0 Å². The van der Waals surface area contributed by atoms with Gasteiger partial charge in [-0.25, -0.2) is 4.98 Å². The summed E-state index contributed by atoms with van der Waals surface area (Å²) in [5, 5.41) is 2.43. The summed E-state index contributed by atoms with van der Waals surface area (Å²) in [6.07, 6.45) is 1.20. The first-order valence-electron chi connectivity index (χ1n) is 6.72. The molecule has 0 amide bonds. The zero-order chi connectivity index (χ0) is 13.8. The molecule has 2 aromatic rings. The molecular weight excluding hydrogens is 252 g/mol. The van der Waals surface area contributed by atoms with Gasteiger partial charge < -0.3 is 4.90 Å². The number of aryl methyl sites for hydroxylation is 2. The summed E-state index contributed by atoms with van der Waals surface area (Å²) in [7, 11) is 4.24. The van der Waals surface area contributed by atoms with Crippen LogP contribution in [0.25, 0.3) is 10.9 Å². The van der Waals surface area contributed by atoms with Gasteiger partial charge in [-0.1, -0.05) is 18.2 Å². The number of fused-ring (bicyclic) bond motifs is 1. The largest absolute Gasteiger partial charge is 0.309 e. The fraction of sp³-hybridized carbons (Fsp3) is 0.438. The summed E-state index contributed by atoms with van der Waals surface area (Å²) in [4.78, 5) is 7.03. The Bertz CT molecular complexity index is 564. The standard InChI is InChI=1S/C16H22N2S/c1-12-7-5-8-14-13(2)11-15(17-16(12)14)19-10-6-9-18(3)4/h5,7-8,11H,6,9-10H2,1-4H3. The van der Waals surface area contributed by atoms with Crippen LogP contribution in [0.1, 0.15) is 17.5 Å². The first-order valence-corrected chi connectivity index (χ1v) is 7.71. The fourth-order valence-electron chi connectivity index (χ4n) is 2.16. The summed E-state index contributed by atoms with van der Waals surface area (Å²) in [6.45, 7) is 5.45. The van der Waals surface area contributed by atoms with Gasteiger partial charge in [0, 0.05) is 11.1 Å². The first-order chi connectivity index (χ1) is 9.08. The Morgan fingerprint density at radius 2 is 1.95 bits per heavy atom. The molecule has 2 rings (SSSR count). The topological polar surface area (TPSA) is 16.1 Å². The van der Waals surface area contributed by atoms with Gasteiger partial charge in [-0.15, -0.1) is 11.8 Å². The zero-order valence-electron chi connectivity index (χ0n) is 12.2. The Labute approximate surface area is 120 Å². The second-order valence-corrected chi connectivity index (χ2v) is 6.37. The van der Waals surface area contributed by atoms with E-state index in [4.69, 9.17) is 4.98 Å². The second kappa shape index (κ2) is 6.40. The molecule has 1 aromatic carbocycles. The molecule has 102 valence electrons. The molecule has 2 nitrogen and oxygen atoms in total. The SMILES string of the molecule is Cc1cc(SCCCN(C)C)nc2c(C)cccc12. The van der Waals surface area contributed by atoms with E-state index in [1.165, 1.54) is 22.9 Å². The predicted octanol–water partition coefficient (Wildman–Crippen LogP) is 3.90. The number of hydrogen-bond donors (Lipinski definition) is 0. The summed E-state index contributed by atoms with van der Waals surface area (Å²) in [5.74, 6) is 1.13. The van der Waals surface area contributed by atoms with Crippen molar-refractivity contribution in [3.63, 3.8) is 0 Å². The van der Waals surface area contributed by atoms with Gasteiger partial charge in [-0.2, -0.15) is 0 Å². The van der Waals surface area contributed by atoms with Gasteiger partial charge in [0.1, 0.15) is 0 Å². The number of pyridine rings is 1. The van der Waals surface area contributed by atoms with Crippen LogP contribution < -0.4 is 0 Å². The molecule has 0 aliphatic carbocycles. The Kier molecular flexibility index (Phi) is 4.83. The van der Waals surface area contributed by atoms with Crippen molar-refractivity contribution in [1.29, 1.82) is 0 Å². The Morgan fingerprint density at radius 1 is 1.16 bits per heavy atom. The van der Waals surface area contributed by atoms with Gasteiger partial charge in [-0.3, -0.25) is 0 Å². The minimum absolute atomic E-state index is 1.13. The maximum absolute atomic E-state index is 4.80. The highest BCUT2D eigenvalue weighted by Crippen LogP contribution is 2.25. The van der Waals surface area contributed by atoms with Crippen molar-refractivity contribution in [1.82, 2.24) is 9.88 Å². The van der Waals surface area contributed by atoms with E-state index in [0.717, 1.165) is 22.8 Å². The summed E-state index contributed by atoms with van der Waals surface area (Å²) in [5.41, 5.74) is 3.73. The van der Waals surface area contributed by atoms with E-state index < -0.39 is 0 Å². The van der Waals surface area contributed by atoms with Crippen LogP contribution in [0.5, 0.6) is 0 Å². The van der Waals surface area contributed by atoms with Crippen molar-refractivity contribution in [2.45, 2.75) is 25.3 Å². The van der Waals surface area contributed by atoms with E-state index >= 15 is 0 Å². The molecule has 0 radical (unpaired) electrons. The van der Waals surface area contributed by atoms with Gasteiger partial charge in [0.2, 0.25) is 0 Å². The number of hydrogen-bond acceptors (Lipinski definition) is 3. The van der Waals surface area contributed by atoms with Crippen molar-refractivity contribution >= 4 is 22.7 Å². The number of nitrogens with zero attached hydrogens (tertiary/aromatic N) is 2. The Morgan fingerprint density at radius 3 is 2.68 bits per heavy atom. The van der Waals surface area contributed by atoms with E-state index in [-0.39, 0.29) is 0 Å². The molecule has 0 aliphatic rings. The van der Waals surface area contributed by atoms with Gasteiger partial charge in [0.25, 0.3) is 0 Å². The molecule has 0 atom stereocenters. The number of aromatic nitrogens is 1. The van der Waals surface area contributed by atoms with E-state index in [2.05, 4.69) is 57.1 Å². The minimum Gasteiger partial charge on any atom is -0.309 e. The van der Waals surface area contributed by atoms with Crippen LogP contribution >= 0.6 is 11.8 Å². The van der Waals surface area contributed by atoms with Crippen LogP contribution in [0.2, 0.25) is 0 Å². The van der Waals surface area contributed by atoms with Crippen molar-refractivity contribution in [3.8, 4) is 0 Å². The monoisotopic (exact) mass is 274 g/mol. The third-order valence-corrected chi connectivity index (χ3v) is 4.22.